The molecule has 0 aliphatic rings. The molecule has 30 heavy (non-hydrogen) atoms. The van der Waals surface area contributed by atoms with Gasteiger partial charge >= 0.3 is 0 Å². The number of quaternary nitrogens is 1. The van der Waals surface area contributed by atoms with E-state index >= 15 is 0 Å². The molecule has 0 spiro atoms. The van der Waals surface area contributed by atoms with Crippen LogP contribution in [0.4, 0.5) is 5.69 Å². The van der Waals surface area contributed by atoms with Crippen molar-refractivity contribution >= 4 is 17.4 Å². The van der Waals surface area contributed by atoms with Crippen LogP contribution in [0, 0.1) is 13.8 Å². The molecule has 1 unspecified atom stereocenters. The highest BCUT2D eigenvalue weighted by molar-refractivity contribution is 5.98. The number of methoxy groups -OCH3 is 1. The lowest BCUT2D eigenvalue weighted by Gasteiger charge is -2.14. The Morgan fingerprint density at radius 1 is 1.13 bits per heavy atom. The first-order valence-corrected chi connectivity index (χ1v) is 9.85. The molecule has 2 N–H and O–H groups in total. The highest BCUT2D eigenvalue weighted by Gasteiger charge is 2.21. The zero-order valence-corrected chi connectivity index (χ0v) is 17.8. The van der Waals surface area contributed by atoms with Crippen molar-refractivity contribution in [1.82, 2.24) is 4.57 Å². The van der Waals surface area contributed by atoms with Crippen molar-refractivity contribution in [2.75, 3.05) is 32.6 Å². The van der Waals surface area contributed by atoms with E-state index in [2.05, 4.69) is 9.88 Å². The number of Topliss-reactive ketones (excluding diaryl/α,β-unsaturated/α-hetero) is 1. The van der Waals surface area contributed by atoms with Gasteiger partial charge in [0.2, 0.25) is 5.78 Å². The molecule has 0 radical (unpaired) electrons. The molecule has 0 saturated carbocycles. The number of likely N-dealkylation sites (N-methyl/N-ethyl adjacent to an activating group) is 1. The number of furan rings is 1. The van der Waals surface area contributed by atoms with E-state index in [4.69, 9.17) is 9.15 Å². The number of hydrogen-bond donors (Lipinski definition) is 2. The number of nitrogens with zero attached hydrogens (tertiary/aromatic N) is 1. The smallest absolute Gasteiger partial charge is 0.279 e. The van der Waals surface area contributed by atoms with E-state index in [1.54, 1.807) is 25.5 Å². The maximum absolute atomic E-state index is 12.9. The largest absolute Gasteiger partial charge is 0.497 e. The molecular weight excluding hydrogens is 382 g/mol. The molecule has 0 aliphatic heterocycles. The summed E-state index contributed by atoms with van der Waals surface area (Å²) in [6.07, 6.45) is 1.64. The van der Waals surface area contributed by atoms with Gasteiger partial charge in [-0.3, -0.25) is 9.59 Å². The summed E-state index contributed by atoms with van der Waals surface area (Å²) >= 11 is 0. The molecule has 2 heterocycles. The van der Waals surface area contributed by atoms with E-state index < -0.39 is 0 Å². The standard InChI is InChI=1S/C23H27N3O4/c1-16-11-21(17(2)26(16)13-20-9-6-10-30-20)22(27)14-25(3)15-23(28)24-18-7-5-8-19(12-18)29-4/h5-12H,13-15H2,1-4H3,(H,24,28)/p+1. The number of rotatable bonds is 9. The van der Waals surface area contributed by atoms with Crippen LogP contribution in [0.15, 0.2) is 53.1 Å². The predicted molar refractivity (Wildman–Crippen MR) is 114 cm³/mol. The van der Waals surface area contributed by atoms with Gasteiger partial charge in [-0.25, -0.2) is 0 Å². The summed E-state index contributed by atoms with van der Waals surface area (Å²) in [6.45, 7) is 4.92. The number of aromatic nitrogens is 1. The Hall–Kier alpha value is -3.32. The van der Waals surface area contributed by atoms with Crippen LogP contribution in [-0.4, -0.2) is 43.5 Å². The molecule has 0 fully saturated rings. The highest BCUT2D eigenvalue weighted by Crippen LogP contribution is 2.18. The molecular formula is C23H28N3O4+. The highest BCUT2D eigenvalue weighted by atomic mass is 16.5. The van der Waals surface area contributed by atoms with Crippen molar-refractivity contribution in [2.24, 2.45) is 0 Å². The molecule has 3 aromatic rings. The normalized spacial score (nSPS) is 11.9. The van der Waals surface area contributed by atoms with Crippen molar-refractivity contribution in [3.05, 3.63) is 71.4 Å². The monoisotopic (exact) mass is 410 g/mol. The van der Waals surface area contributed by atoms with Gasteiger partial charge in [-0.05, 0) is 44.2 Å². The second kappa shape index (κ2) is 9.45. The SMILES string of the molecule is COc1cccc(NC(=O)C[NH+](C)CC(=O)c2cc(C)n(Cc3ccco3)c2C)c1. The first kappa shape index (κ1) is 21.4. The van der Waals surface area contributed by atoms with Crippen molar-refractivity contribution in [3.8, 4) is 5.75 Å². The quantitative estimate of drug-likeness (QED) is 0.530. The van der Waals surface area contributed by atoms with E-state index in [0.717, 1.165) is 22.0 Å². The molecule has 0 aliphatic carbocycles. The van der Waals surface area contributed by atoms with Gasteiger partial charge in [0.15, 0.2) is 6.54 Å². The molecule has 0 bridgehead atoms. The fraction of sp³-hybridized carbons (Fsp3) is 0.304. The lowest BCUT2D eigenvalue weighted by molar-refractivity contribution is -0.861. The Bertz CT molecular complexity index is 1020. The van der Waals surface area contributed by atoms with Crippen LogP contribution in [0.2, 0.25) is 0 Å². The first-order chi connectivity index (χ1) is 14.4. The number of hydrogen-bond acceptors (Lipinski definition) is 4. The topological polar surface area (TPSA) is 77.9 Å². The van der Waals surface area contributed by atoms with Gasteiger partial charge in [-0.2, -0.15) is 0 Å². The molecule has 7 nitrogen and oxygen atoms in total. The third-order valence-corrected chi connectivity index (χ3v) is 5.05. The minimum atomic E-state index is -0.156. The summed E-state index contributed by atoms with van der Waals surface area (Å²) in [5, 5.41) is 2.84. The Morgan fingerprint density at radius 3 is 2.63 bits per heavy atom. The number of aryl methyl sites for hydroxylation is 1. The lowest BCUT2D eigenvalue weighted by atomic mass is 10.1. The summed E-state index contributed by atoms with van der Waals surface area (Å²) in [6, 6.07) is 12.9. The van der Waals surface area contributed by atoms with Crippen molar-refractivity contribution < 1.29 is 23.6 Å². The number of benzene rings is 1. The van der Waals surface area contributed by atoms with E-state index in [1.165, 1.54) is 0 Å². The van der Waals surface area contributed by atoms with Crippen molar-refractivity contribution in [2.45, 2.75) is 20.4 Å². The van der Waals surface area contributed by atoms with E-state index in [1.807, 2.05) is 51.2 Å². The maximum Gasteiger partial charge on any atom is 0.279 e. The van der Waals surface area contributed by atoms with Crippen LogP contribution in [0.5, 0.6) is 5.75 Å². The van der Waals surface area contributed by atoms with Gasteiger partial charge in [-0.15, -0.1) is 0 Å². The van der Waals surface area contributed by atoms with Crippen LogP contribution in [-0.2, 0) is 11.3 Å². The fourth-order valence-electron chi connectivity index (χ4n) is 3.50. The second-order valence-electron chi connectivity index (χ2n) is 7.46. The molecule has 1 amide bonds. The molecule has 1 atom stereocenters. The molecule has 158 valence electrons. The molecule has 7 heteroatoms. The Kier molecular flexibility index (Phi) is 6.74. The van der Waals surface area contributed by atoms with Crippen LogP contribution >= 0.6 is 0 Å². The first-order valence-electron chi connectivity index (χ1n) is 9.85. The van der Waals surface area contributed by atoms with Gasteiger partial charge < -0.3 is 23.9 Å². The van der Waals surface area contributed by atoms with E-state index in [-0.39, 0.29) is 24.8 Å². The second-order valence-corrected chi connectivity index (χ2v) is 7.46. The summed E-state index contributed by atoms with van der Waals surface area (Å²) in [7, 11) is 3.42. The van der Waals surface area contributed by atoms with Gasteiger partial charge in [0.25, 0.3) is 5.91 Å². The molecule has 0 saturated heterocycles. The number of carbonyl (C=O) groups excluding carboxylic acids is 2. The van der Waals surface area contributed by atoms with Crippen LogP contribution < -0.4 is 15.0 Å². The molecule has 3 rings (SSSR count). The summed E-state index contributed by atoms with van der Waals surface area (Å²) in [5.74, 6) is 1.37. The minimum absolute atomic E-state index is 0.0143. The van der Waals surface area contributed by atoms with E-state index in [9.17, 15) is 9.59 Å². The fourth-order valence-corrected chi connectivity index (χ4v) is 3.50. The van der Waals surface area contributed by atoms with Crippen LogP contribution in [0.3, 0.4) is 0 Å². The number of carbonyl (C=O) groups is 2. The Balaban J connectivity index is 1.59. The number of ketones is 1. The predicted octanol–water partition coefficient (Wildman–Crippen LogP) is 2.09. The average molecular weight is 410 g/mol. The number of nitrogens with one attached hydrogen (secondary N) is 2. The maximum atomic E-state index is 12.9. The summed E-state index contributed by atoms with van der Waals surface area (Å²) < 4.78 is 12.7. The lowest BCUT2D eigenvalue weighted by Crippen LogP contribution is -3.11. The molecule has 1 aromatic carbocycles. The average Bonchev–Trinajstić information content (AvgIpc) is 3.31. The number of amides is 1. The van der Waals surface area contributed by atoms with E-state index in [0.29, 0.717) is 23.5 Å². The summed E-state index contributed by atoms with van der Waals surface area (Å²) in [4.78, 5) is 26.0. The molecule has 2 aromatic heterocycles. The number of anilines is 1. The number of ether oxygens (including phenoxy) is 1. The summed E-state index contributed by atoms with van der Waals surface area (Å²) in [5.41, 5.74) is 3.26. The van der Waals surface area contributed by atoms with Crippen LogP contribution in [0.25, 0.3) is 0 Å². The third kappa shape index (κ3) is 5.18. The Morgan fingerprint density at radius 2 is 1.93 bits per heavy atom. The van der Waals surface area contributed by atoms with Gasteiger partial charge in [-0.1, -0.05) is 6.07 Å². The zero-order valence-electron chi connectivity index (χ0n) is 17.8. The van der Waals surface area contributed by atoms with Crippen molar-refractivity contribution in [1.29, 1.82) is 0 Å². The van der Waals surface area contributed by atoms with Gasteiger partial charge in [0.1, 0.15) is 18.1 Å². The minimum Gasteiger partial charge on any atom is -0.497 e. The zero-order chi connectivity index (χ0) is 21.7. The van der Waals surface area contributed by atoms with Crippen molar-refractivity contribution in [3.63, 3.8) is 0 Å². The van der Waals surface area contributed by atoms with Crippen LogP contribution in [0.1, 0.15) is 27.5 Å². The van der Waals surface area contributed by atoms with Gasteiger partial charge in [0, 0.05) is 28.7 Å². The third-order valence-electron chi connectivity index (χ3n) is 5.05. The Labute approximate surface area is 176 Å². The van der Waals surface area contributed by atoms with Gasteiger partial charge in [0.05, 0.1) is 27.0 Å².